The van der Waals surface area contributed by atoms with E-state index in [-0.39, 0.29) is 11.5 Å². The van der Waals surface area contributed by atoms with E-state index in [1.54, 1.807) is 12.1 Å². The summed E-state index contributed by atoms with van der Waals surface area (Å²) in [6.45, 7) is 7.67. The molecule has 2 aliphatic heterocycles. The Morgan fingerprint density at radius 1 is 1.06 bits per heavy atom. The number of carboxylic acids is 1. The lowest BCUT2D eigenvalue weighted by Crippen LogP contribution is -2.45. The average molecular weight is 435 g/mol. The van der Waals surface area contributed by atoms with Crippen LogP contribution in [0, 0.1) is 11.3 Å². The van der Waals surface area contributed by atoms with E-state index < -0.39 is 5.97 Å². The van der Waals surface area contributed by atoms with Crippen molar-refractivity contribution < 1.29 is 14.7 Å². The van der Waals surface area contributed by atoms with Crippen LogP contribution in [-0.4, -0.2) is 52.5 Å². The number of rotatable bonds is 7. The van der Waals surface area contributed by atoms with Crippen LogP contribution in [-0.2, 0) is 17.8 Å². The molecule has 4 rings (SSSR count). The second kappa shape index (κ2) is 9.45. The minimum atomic E-state index is -0.893. The third-order valence-corrected chi connectivity index (χ3v) is 7.05. The molecule has 2 fully saturated rings. The van der Waals surface area contributed by atoms with Gasteiger partial charge in [-0.15, -0.1) is 0 Å². The summed E-state index contributed by atoms with van der Waals surface area (Å²) in [5.74, 6) is -0.0932. The predicted octanol–water partition coefficient (Wildman–Crippen LogP) is 4.47. The monoisotopic (exact) mass is 434 g/mol. The molecule has 0 radical (unpaired) electrons. The number of carboxylic acid groups (broad SMARTS) is 1. The van der Waals surface area contributed by atoms with Crippen LogP contribution >= 0.6 is 0 Å². The van der Waals surface area contributed by atoms with E-state index in [9.17, 15) is 14.7 Å². The molecule has 5 heteroatoms. The Morgan fingerprint density at radius 3 is 2.41 bits per heavy atom. The number of amides is 1. The van der Waals surface area contributed by atoms with Crippen molar-refractivity contribution in [2.24, 2.45) is 11.3 Å². The Kier molecular flexibility index (Phi) is 6.66. The summed E-state index contributed by atoms with van der Waals surface area (Å²) >= 11 is 0. The maximum absolute atomic E-state index is 13.6. The normalized spacial score (nSPS) is 20.9. The van der Waals surface area contributed by atoms with E-state index in [1.165, 1.54) is 5.56 Å². The highest BCUT2D eigenvalue weighted by Gasteiger charge is 2.52. The largest absolute Gasteiger partial charge is 0.478 e. The van der Waals surface area contributed by atoms with Gasteiger partial charge in [0.2, 0.25) is 5.91 Å². The van der Waals surface area contributed by atoms with E-state index in [0.717, 1.165) is 57.4 Å². The first-order valence-electron chi connectivity index (χ1n) is 11.8. The van der Waals surface area contributed by atoms with Crippen LogP contribution < -0.4 is 0 Å². The standard InChI is InChI=1S/C27H34N2O3/c1-20(2)18-29-24(16-21-7-4-3-5-8-21)17-27(26(29)32)11-13-28(14-12-27)19-22-9-6-10-23(15-22)25(30)31/h3-10,15,20,24H,11-14,16-19H2,1-2H3,(H,30,31)/t24-/m0/s1. The molecule has 0 saturated carbocycles. The van der Waals surface area contributed by atoms with Gasteiger partial charge in [0.1, 0.15) is 0 Å². The molecule has 2 saturated heterocycles. The summed E-state index contributed by atoms with van der Waals surface area (Å²) in [6.07, 6.45) is 3.62. The summed E-state index contributed by atoms with van der Waals surface area (Å²) in [7, 11) is 0. The van der Waals surface area contributed by atoms with E-state index in [0.29, 0.717) is 17.4 Å². The predicted molar refractivity (Wildman–Crippen MR) is 125 cm³/mol. The maximum atomic E-state index is 13.6. The van der Waals surface area contributed by atoms with Gasteiger partial charge >= 0.3 is 5.97 Å². The number of likely N-dealkylation sites (tertiary alicyclic amines) is 2. The highest BCUT2D eigenvalue weighted by Crippen LogP contribution is 2.45. The van der Waals surface area contributed by atoms with Gasteiger partial charge < -0.3 is 10.0 Å². The number of nitrogens with zero attached hydrogens (tertiary/aromatic N) is 2. The number of aromatic carboxylic acids is 1. The summed E-state index contributed by atoms with van der Waals surface area (Å²) in [6, 6.07) is 18.0. The minimum absolute atomic E-state index is 0.242. The number of piperidine rings is 1. The quantitative estimate of drug-likeness (QED) is 0.699. The molecule has 1 N–H and O–H groups in total. The van der Waals surface area contributed by atoms with Gasteiger partial charge in [0.15, 0.2) is 0 Å². The van der Waals surface area contributed by atoms with Gasteiger partial charge in [-0.25, -0.2) is 4.79 Å². The van der Waals surface area contributed by atoms with Gasteiger partial charge in [0.25, 0.3) is 0 Å². The zero-order chi connectivity index (χ0) is 22.7. The van der Waals surface area contributed by atoms with Crippen molar-refractivity contribution in [2.75, 3.05) is 19.6 Å². The topological polar surface area (TPSA) is 60.9 Å². The molecule has 1 amide bonds. The van der Waals surface area contributed by atoms with E-state index in [4.69, 9.17) is 0 Å². The van der Waals surface area contributed by atoms with Crippen molar-refractivity contribution in [3.63, 3.8) is 0 Å². The second-order valence-corrected chi connectivity index (χ2v) is 9.96. The maximum Gasteiger partial charge on any atom is 0.335 e. The fraction of sp³-hybridized carbons (Fsp3) is 0.481. The fourth-order valence-corrected chi connectivity index (χ4v) is 5.43. The molecule has 0 unspecified atom stereocenters. The molecule has 2 aliphatic rings. The lowest BCUT2D eigenvalue weighted by atomic mass is 9.75. The number of carbonyl (C=O) groups excluding carboxylic acids is 1. The third-order valence-electron chi connectivity index (χ3n) is 7.05. The molecule has 0 aromatic heterocycles. The smallest absolute Gasteiger partial charge is 0.335 e. The van der Waals surface area contributed by atoms with Crippen molar-refractivity contribution in [2.45, 2.75) is 52.1 Å². The average Bonchev–Trinajstić information content (AvgIpc) is 3.01. The lowest BCUT2D eigenvalue weighted by molar-refractivity contribution is -0.139. The van der Waals surface area contributed by atoms with Gasteiger partial charge in [0, 0.05) is 19.1 Å². The molecule has 1 spiro atoms. The molecule has 0 bridgehead atoms. The van der Waals surface area contributed by atoms with Gasteiger partial charge in [-0.1, -0.05) is 56.3 Å². The van der Waals surface area contributed by atoms with Crippen molar-refractivity contribution in [3.05, 3.63) is 71.3 Å². The molecule has 2 aromatic carbocycles. The van der Waals surface area contributed by atoms with Crippen molar-refractivity contribution in [3.8, 4) is 0 Å². The summed E-state index contributed by atoms with van der Waals surface area (Å²) < 4.78 is 0. The summed E-state index contributed by atoms with van der Waals surface area (Å²) in [4.78, 5) is 29.4. The Labute approximate surface area is 191 Å². The Bertz CT molecular complexity index is 948. The van der Waals surface area contributed by atoms with Gasteiger partial charge in [-0.05, 0) is 68.0 Å². The fourth-order valence-electron chi connectivity index (χ4n) is 5.43. The number of hydrogen-bond acceptors (Lipinski definition) is 3. The van der Waals surface area contributed by atoms with Gasteiger partial charge in [-0.2, -0.15) is 0 Å². The van der Waals surface area contributed by atoms with Crippen LogP contribution in [0.2, 0.25) is 0 Å². The molecule has 0 aliphatic carbocycles. The van der Waals surface area contributed by atoms with Gasteiger partial charge in [-0.3, -0.25) is 9.69 Å². The van der Waals surface area contributed by atoms with Crippen LogP contribution in [0.25, 0.3) is 0 Å². The molecule has 2 heterocycles. The third kappa shape index (κ3) is 4.88. The first-order valence-corrected chi connectivity index (χ1v) is 11.8. The summed E-state index contributed by atoms with van der Waals surface area (Å²) in [5, 5.41) is 9.25. The first kappa shape index (κ1) is 22.5. The van der Waals surface area contributed by atoms with Crippen LogP contribution in [0.3, 0.4) is 0 Å². The summed E-state index contributed by atoms with van der Waals surface area (Å²) in [5.41, 5.74) is 2.40. The molecule has 2 aromatic rings. The Hall–Kier alpha value is -2.66. The van der Waals surface area contributed by atoms with Gasteiger partial charge in [0.05, 0.1) is 11.0 Å². The van der Waals surface area contributed by atoms with E-state index >= 15 is 0 Å². The molecular formula is C27H34N2O3. The van der Waals surface area contributed by atoms with E-state index in [2.05, 4.69) is 47.9 Å². The second-order valence-electron chi connectivity index (χ2n) is 9.96. The zero-order valence-corrected chi connectivity index (χ0v) is 19.2. The Balaban J connectivity index is 1.44. The molecule has 5 nitrogen and oxygen atoms in total. The highest BCUT2D eigenvalue weighted by molar-refractivity contribution is 5.87. The zero-order valence-electron chi connectivity index (χ0n) is 19.2. The number of hydrogen-bond donors (Lipinski definition) is 1. The SMILES string of the molecule is CC(C)CN1C(=O)C2(CCN(Cc3cccc(C(=O)O)c3)CC2)C[C@@H]1Cc1ccccc1. The molecule has 170 valence electrons. The van der Waals surface area contributed by atoms with Crippen LogP contribution in [0.5, 0.6) is 0 Å². The van der Waals surface area contributed by atoms with Crippen LogP contribution in [0.15, 0.2) is 54.6 Å². The Morgan fingerprint density at radius 2 is 1.75 bits per heavy atom. The number of carbonyl (C=O) groups is 2. The lowest BCUT2D eigenvalue weighted by Gasteiger charge is -2.38. The molecule has 1 atom stereocenters. The van der Waals surface area contributed by atoms with Crippen LogP contribution in [0.1, 0.15) is 54.6 Å². The minimum Gasteiger partial charge on any atom is -0.478 e. The first-order chi connectivity index (χ1) is 15.4. The molecule has 32 heavy (non-hydrogen) atoms. The van der Waals surface area contributed by atoms with Crippen molar-refractivity contribution in [1.82, 2.24) is 9.80 Å². The van der Waals surface area contributed by atoms with E-state index in [1.807, 2.05) is 18.2 Å². The highest BCUT2D eigenvalue weighted by atomic mass is 16.4. The number of benzene rings is 2. The van der Waals surface area contributed by atoms with Crippen LogP contribution in [0.4, 0.5) is 0 Å². The van der Waals surface area contributed by atoms with Crippen molar-refractivity contribution >= 4 is 11.9 Å². The molecular weight excluding hydrogens is 400 g/mol. The van der Waals surface area contributed by atoms with Crippen molar-refractivity contribution in [1.29, 1.82) is 0 Å².